The molecule has 0 radical (unpaired) electrons. The second kappa shape index (κ2) is 8.81. The van der Waals surface area contributed by atoms with Crippen LogP contribution in [-0.4, -0.2) is 35.1 Å². The van der Waals surface area contributed by atoms with Crippen LogP contribution in [0.1, 0.15) is 69.4 Å². The molecular formula is C23H33NO3. The van der Waals surface area contributed by atoms with Gasteiger partial charge < -0.3 is 14.7 Å². The summed E-state index contributed by atoms with van der Waals surface area (Å²) < 4.78 is 6.05. The monoisotopic (exact) mass is 371 g/mol. The molecule has 1 heterocycles. The highest BCUT2D eigenvalue weighted by atomic mass is 16.5. The molecule has 27 heavy (non-hydrogen) atoms. The highest BCUT2D eigenvalue weighted by Crippen LogP contribution is 2.49. The SMILES string of the molecule is C=CCN(C(C)=O)C1CC[C@@H]2COc3cc(CCCCC)cc(O)c3[C@@H]2C1. The summed E-state index contributed by atoms with van der Waals surface area (Å²) in [5, 5.41) is 10.8. The Bertz CT molecular complexity index is 684. The molecule has 4 heteroatoms. The van der Waals surface area contributed by atoms with Crippen molar-refractivity contribution in [3.63, 3.8) is 0 Å². The van der Waals surface area contributed by atoms with Gasteiger partial charge >= 0.3 is 0 Å². The van der Waals surface area contributed by atoms with Crippen LogP contribution in [0, 0.1) is 5.92 Å². The van der Waals surface area contributed by atoms with Crippen molar-refractivity contribution in [2.75, 3.05) is 13.2 Å². The van der Waals surface area contributed by atoms with Gasteiger partial charge in [-0.25, -0.2) is 0 Å². The third-order valence-electron chi connectivity index (χ3n) is 6.21. The summed E-state index contributed by atoms with van der Waals surface area (Å²) in [5.74, 6) is 1.99. The Labute approximate surface area is 163 Å². The number of carbonyl (C=O) groups is 1. The summed E-state index contributed by atoms with van der Waals surface area (Å²) in [6.45, 7) is 8.92. The van der Waals surface area contributed by atoms with Gasteiger partial charge in [0.15, 0.2) is 0 Å². The van der Waals surface area contributed by atoms with E-state index < -0.39 is 0 Å². The average molecular weight is 372 g/mol. The molecule has 3 rings (SSSR count). The molecule has 1 amide bonds. The molecule has 1 unspecified atom stereocenters. The minimum atomic E-state index is 0.0983. The summed E-state index contributed by atoms with van der Waals surface area (Å²) in [6.07, 6.45) is 9.20. The van der Waals surface area contributed by atoms with Crippen LogP contribution < -0.4 is 4.74 Å². The van der Waals surface area contributed by atoms with Crippen LogP contribution in [0.15, 0.2) is 24.8 Å². The van der Waals surface area contributed by atoms with Gasteiger partial charge in [-0.05, 0) is 55.7 Å². The largest absolute Gasteiger partial charge is 0.508 e. The molecule has 1 aromatic rings. The lowest BCUT2D eigenvalue weighted by Gasteiger charge is -2.43. The van der Waals surface area contributed by atoms with Gasteiger partial charge in [-0.15, -0.1) is 6.58 Å². The molecule has 1 aromatic carbocycles. The molecule has 1 aliphatic heterocycles. The zero-order valence-electron chi connectivity index (χ0n) is 16.7. The Kier molecular flexibility index (Phi) is 6.46. The molecule has 0 aromatic heterocycles. The lowest BCUT2D eigenvalue weighted by atomic mass is 9.71. The van der Waals surface area contributed by atoms with Gasteiger partial charge in [0.1, 0.15) is 11.5 Å². The maximum Gasteiger partial charge on any atom is 0.219 e. The van der Waals surface area contributed by atoms with Gasteiger partial charge in [-0.3, -0.25) is 4.79 Å². The molecule has 1 N–H and O–H groups in total. The molecule has 1 aliphatic carbocycles. The van der Waals surface area contributed by atoms with Crippen molar-refractivity contribution < 1.29 is 14.6 Å². The minimum absolute atomic E-state index is 0.0983. The van der Waals surface area contributed by atoms with Crippen LogP contribution in [0.25, 0.3) is 0 Å². The Morgan fingerprint density at radius 3 is 2.89 bits per heavy atom. The standard InChI is InChI=1S/C23H33NO3/c1-4-6-7-8-17-12-21(26)23-20-14-19(24(11-5-2)16(3)25)10-9-18(20)15-27-22(23)13-17/h5,12-13,18-20,26H,2,4,6-11,14-15H2,1,3H3/t18-,19?,20-/m1/s1. The van der Waals surface area contributed by atoms with Gasteiger partial charge in [-0.1, -0.05) is 25.8 Å². The number of benzene rings is 1. The van der Waals surface area contributed by atoms with Crippen molar-refractivity contribution in [1.29, 1.82) is 0 Å². The maximum absolute atomic E-state index is 12.1. The number of amides is 1. The number of nitrogens with zero attached hydrogens (tertiary/aromatic N) is 1. The first-order chi connectivity index (χ1) is 13.0. The fourth-order valence-electron chi connectivity index (χ4n) is 4.80. The highest BCUT2D eigenvalue weighted by molar-refractivity contribution is 5.73. The molecule has 0 bridgehead atoms. The predicted molar refractivity (Wildman–Crippen MR) is 108 cm³/mol. The molecule has 148 valence electrons. The van der Waals surface area contributed by atoms with E-state index in [2.05, 4.69) is 19.6 Å². The summed E-state index contributed by atoms with van der Waals surface area (Å²) in [5.41, 5.74) is 2.11. The third kappa shape index (κ3) is 4.31. The second-order valence-corrected chi connectivity index (χ2v) is 8.09. The number of hydrogen-bond acceptors (Lipinski definition) is 3. The van der Waals surface area contributed by atoms with Gasteiger partial charge in [0.05, 0.1) is 6.61 Å². The first-order valence-corrected chi connectivity index (χ1v) is 10.4. The van der Waals surface area contributed by atoms with Crippen molar-refractivity contribution in [2.45, 2.75) is 70.8 Å². The zero-order valence-corrected chi connectivity index (χ0v) is 16.7. The smallest absolute Gasteiger partial charge is 0.219 e. The Balaban J connectivity index is 1.82. The molecule has 3 atom stereocenters. The van der Waals surface area contributed by atoms with Gasteiger partial charge in [0, 0.05) is 31.0 Å². The lowest BCUT2D eigenvalue weighted by molar-refractivity contribution is -0.131. The molecule has 1 fully saturated rings. The Hall–Kier alpha value is -1.97. The minimum Gasteiger partial charge on any atom is -0.508 e. The zero-order chi connectivity index (χ0) is 19.4. The summed E-state index contributed by atoms with van der Waals surface area (Å²) in [6, 6.07) is 4.25. The number of fused-ring (bicyclic) bond motifs is 3. The molecule has 2 aliphatic rings. The van der Waals surface area contributed by atoms with Crippen LogP contribution in [0.3, 0.4) is 0 Å². The topological polar surface area (TPSA) is 49.8 Å². The fourth-order valence-corrected chi connectivity index (χ4v) is 4.80. The quantitative estimate of drug-likeness (QED) is 0.553. The van der Waals surface area contributed by atoms with E-state index in [-0.39, 0.29) is 17.9 Å². The van der Waals surface area contributed by atoms with E-state index in [1.165, 1.54) is 12.8 Å². The summed E-state index contributed by atoms with van der Waals surface area (Å²) >= 11 is 0. The second-order valence-electron chi connectivity index (χ2n) is 8.09. The van der Waals surface area contributed by atoms with Gasteiger partial charge in [0.2, 0.25) is 5.91 Å². The van der Waals surface area contributed by atoms with Gasteiger partial charge in [-0.2, -0.15) is 0 Å². The first kappa shape index (κ1) is 19.8. The number of phenolic OH excluding ortho intramolecular Hbond substituents is 1. The van der Waals surface area contributed by atoms with E-state index in [0.717, 1.165) is 49.0 Å². The van der Waals surface area contributed by atoms with Crippen LogP contribution in [-0.2, 0) is 11.2 Å². The maximum atomic E-state index is 12.1. The summed E-state index contributed by atoms with van der Waals surface area (Å²) in [7, 11) is 0. The number of aromatic hydroxyl groups is 1. The molecule has 0 spiro atoms. The normalized spacial score (nSPS) is 23.7. The van der Waals surface area contributed by atoms with Crippen LogP contribution in [0.2, 0.25) is 0 Å². The fraction of sp³-hybridized carbons (Fsp3) is 0.609. The number of carbonyl (C=O) groups excluding carboxylic acids is 1. The van der Waals surface area contributed by atoms with Crippen molar-refractivity contribution in [3.05, 3.63) is 35.9 Å². The first-order valence-electron chi connectivity index (χ1n) is 10.4. The number of rotatable bonds is 7. The van der Waals surface area contributed by atoms with Crippen LogP contribution in [0.5, 0.6) is 11.5 Å². The van der Waals surface area contributed by atoms with E-state index >= 15 is 0 Å². The number of phenols is 1. The molecule has 4 nitrogen and oxygen atoms in total. The number of aryl methyl sites for hydroxylation is 1. The van der Waals surface area contributed by atoms with E-state index in [1.54, 1.807) is 13.0 Å². The van der Waals surface area contributed by atoms with E-state index in [0.29, 0.717) is 24.8 Å². The highest BCUT2D eigenvalue weighted by Gasteiger charge is 2.40. The van der Waals surface area contributed by atoms with Crippen molar-refractivity contribution in [1.82, 2.24) is 4.90 Å². The van der Waals surface area contributed by atoms with E-state index in [1.807, 2.05) is 11.0 Å². The molecule has 1 saturated carbocycles. The van der Waals surface area contributed by atoms with Crippen molar-refractivity contribution >= 4 is 5.91 Å². The van der Waals surface area contributed by atoms with Crippen molar-refractivity contribution in [3.8, 4) is 11.5 Å². The molecular weight excluding hydrogens is 338 g/mol. The van der Waals surface area contributed by atoms with Gasteiger partial charge in [0.25, 0.3) is 0 Å². The lowest BCUT2D eigenvalue weighted by Crippen LogP contribution is -2.45. The number of ether oxygens (including phenoxy) is 1. The van der Waals surface area contributed by atoms with E-state index in [4.69, 9.17) is 4.74 Å². The van der Waals surface area contributed by atoms with Crippen molar-refractivity contribution in [2.24, 2.45) is 5.92 Å². The van der Waals surface area contributed by atoms with Crippen LogP contribution >= 0.6 is 0 Å². The number of unbranched alkanes of at least 4 members (excludes halogenated alkanes) is 2. The average Bonchev–Trinajstić information content (AvgIpc) is 2.65. The Morgan fingerprint density at radius 1 is 1.37 bits per heavy atom. The summed E-state index contributed by atoms with van der Waals surface area (Å²) in [4.78, 5) is 14.0. The van der Waals surface area contributed by atoms with E-state index in [9.17, 15) is 9.90 Å². The number of hydrogen-bond donors (Lipinski definition) is 1. The predicted octanol–water partition coefficient (Wildman–Crippen LogP) is 4.80. The van der Waals surface area contributed by atoms with Crippen LogP contribution in [0.4, 0.5) is 0 Å². The Morgan fingerprint density at radius 2 is 2.19 bits per heavy atom. The third-order valence-corrected chi connectivity index (χ3v) is 6.21. The molecule has 0 saturated heterocycles.